The van der Waals surface area contributed by atoms with Crippen LogP contribution in [0.25, 0.3) is 10.9 Å². The number of H-pyrrole nitrogens is 1. The van der Waals surface area contributed by atoms with Gasteiger partial charge in [0.15, 0.2) is 5.78 Å². The molecule has 16 heavy (non-hydrogen) atoms. The molecule has 0 atom stereocenters. The van der Waals surface area contributed by atoms with E-state index in [0.717, 1.165) is 34.2 Å². The molecule has 3 heteroatoms. The summed E-state index contributed by atoms with van der Waals surface area (Å²) >= 11 is 0. The number of carbonyl (C=O) groups excluding carboxylic acids is 1. The molecule has 0 unspecified atom stereocenters. The summed E-state index contributed by atoms with van der Waals surface area (Å²) in [7, 11) is 1.68. The van der Waals surface area contributed by atoms with Gasteiger partial charge in [-0.3, -0.25) is 4.79 Å². The molecule has 1 aromatic carbocycles. The van der Waals surface area contributed by atoms with Gasteiger partial charge in [0, 0.05) is 34.6 Å². The van der Waals surface area contributed by atoms with Crippen molar-refractivity contribution in [2.75, 3.05) is 7.11 Å². The van der Waals surface area contributed by atoms with Crippen LogP contribution in [0.1, 0.15) is 27.9 Å². The van der Waals surface area contributed by atoms with Gasteiger partial charge in [0.25, 0.3) is 0 Å². The van der Waals surface area contributed by atoms with E-state index in [1.165, 1.54) is 5.56 Å². The van der Waals surface area contributed by atoms with Crippen LogP contribution in [0.3, 0.4) is 0 Å². The van der Waals surface area contributed by atoms with Crippen LogP contribution in [0.2, 0.25) is 0 Å². The van der Waals surface area contributed by atoms with Crippen molar-refractivity contribution in [3.8, 4) is 5.75 Å². The maximum Gasteiger partial charge on any atom is 0.165 e. The second kappa shape index (κ2) is 3.11. The van der Waals surface area contributed by atoms with Gasteiger partial charge in [-0.05, 0) is 25.0 Å². The molecule has 0 amide bonds. The molecule has 82 valence electrons. The summed E-state index contributed by atoms with van der Waals surface area (Å²) < 4.78 is 5.39. The monoisotopic (exact) mass is 215 g/mol. The van der Waals surface area contributed by atoms with E-state index in [1.807, 2.05) is 19.2 Å². The molecule has 0 spiro atoms. The molecule has 0 bridgehead atoms. The molecule has 1 aliphatic carbocycles. The summed E-state index contributed by atoms with van der Waals surface area (Å²) in [6.07, 6.45) is 3.19. The highest BCUT2D eigenvalue weighted by Gasteiger charge is 2.24. The lowest BCUT2D eigenvalue weighted by Crippen LogP contribution is -2.08. The first-order chi connectivity index (χ1) is 7.72. The van der Waals surface area contributed by atoms with Crippen molar-refractivity contribution in [2.45, 2.75) is 19.8 Å². The molecule has 0 saturated heterocycles. The average molecular weight is 215 g/mol. The number of hydrogen-bond acceptors (Lipinski definition) is 2. The molecular weight excluding hydrogens is 202 g/mol. The molecule has 1 aliphatic rings. The van der Waals surface area contributed by atoms with Gasteiger partial charge in [0.05, 0.1) is 7.11 Å². The Morgan fingerprint density at radius 3 is 2.94 bits per heavy atom. The first-order valence-corrected chi connectivity index (χ1v) is 5.43. The van der Waals surface area contributed by atoms with E-state index in [2.05, 4.69) is 4.98 Å². The summed E-state index contributed by atoms with van der Waals surface area (Å²) in [6, 6.07) is 2.04. The molecular formula is C13H13NO2. The van der Waals surface area contributed by atoms with Gasteiger partial charge >= 0.3 is 0 Å². The third kappa shape index (κ3) is 1.06. The number of ketones is 1. The summed E-state index contributed by atoms with van der Waals surface area (Å²) in [4.78, 5) is 15.0. The number of ether oxygens (including phenoxy) is 1. The Bertz CT molecular complexity index is 595. The number of carbonyl (C=O) groups is 1. The summed E-state index contributed by atoms with van der Waals surface area (Å²) in [5.41, 5.74) is 4.17. The molecule has 0 saturated carbocycles. The molecule has 2 aromatic rings. The summed E-state index contributed by atoms with van der Waals surface area (Å²) in [5.74, 6) is 1.13. The zero-order valence-corrected chi connectivity index (χ0v) is 9.39. The third-order valence-electron chi connectivity index (χ3n) is 3.34. The van der Waals surface area contributed by atoms with Crippen LogP contribution in [-0.2, 0) is 6.42 Å². The Morgan fingerprint density at radius 2 is 2.19 bits per heavy atom. The zero-order valence-electron chi connectivity index (χ0n) is 9.39. The highest BCUT2D eigenvalue weighted by Crippen LogP contribution is 2.37. The minimum Gasteiger partial charge on any atom is -0.496 e. The Balaban J connectivity index is 2.48. The van der Waals surface area contributed by atoms with Crippen LogP contribution in [0.4, 0.5) is 0 Å². The molecule has 0 radical (unpaired) electrons. The molecule has 0 aliphatic heterocycles. The van der Waals surface area contributed by atoms with E-state index >= 15 is 0 Å². The maximum atomic E-state index is 11.8. The van der Waals surface area contributed by atoms with Crippen molar-refractivity contribution in [2.24, 2.45) is 0 Å². The Hall–Kier alpha value is -1.77. The fourth-order valence-corrected chi connectivity index (χ4v) is 2.55. The van der Waals surface area contributed by atoms with Crippen molar-refractivity contribution in [1.29, 1.82) is 0 Å². The number of Topliss-reactive ketones (excluding diaryl/α,β-unsaturated/α-hetero) is 1. The minimum absolute atomic E-state index is 0.228. The zero-order chi connectivity index (χ0) is 11.3. The average Bonchev–Trinajstić information content (AvgIpc) is 2.72. The van der Waals surface area contributed by atoms with E-state index in [0.29, 0.717) is 6.42 Å². The van der Waals surface area contributed by atoms with E-state index in [1.54, 1.807) is 7.11 Å². The smallest absolute Gasteiger partial charge is 0.165 e. The second-order valence-electron chi connectivity index (χ2n) is 4.25. The van der Waals surface area contributed by atoms with Gasteiger partial charge in [0.2, 0.25) is 0 Å². The molecule has 1 heterocycles. The van der Waals surface area contributed by atoms with Crippen molar-refractivity contribution in [1.82, 2.24) is 4.98 Å². The maximum absolute atomic E-state index is 11.8. The van der Waals surface area contributed by atoms with E-state index in [4.69, 9.17) is 4.74 Å². The first kappa shape index (κ1) is 9.46. The topological polar surface area (TPSA) is 42.1 Å². The molecule has 0 fully saturated rings. The van der Waals surface area contributed by atoms with Crippen LogP contribution in [0.5, 0.6) is 5.75 Å². The fourth-order valence-electron chi connectivity index (χ4n) is 2.55. The van der Waals surface area contributed by atoms with Crippen molar-refractivity contribution < 1.29 is 9.53 Å². The first-order valence-electron chi connectivity index (χ1n) is 5.43. The lowest BCUT2D eigenvalue weighted by Gasteiger charge is -2.16. The number of nitrogens with one attached hydrogen (secondary N) is 1. The predicted molar refractivity (Wildman–Crippen MR) is 62.2 cm³/mol. The Labute approximate surface area is 93.4 Å². The van der Waals surface area contributed by atoms with E-state index in [-0.39, 0.29) is 5.78 Å². The fraction of sp³-hybridized carbons (Fsp3) is 0.308. The summed E-state index contributed by atoms with van der Waals surface area (Å²) in [5, 5.41) is 1.06. The van der Waals surface area contributed by atoms with E-state index < -0.39 is 0 Å². The van der Waals surface area contributed by atoms with Gasteiger partial charge < -0.3 is 9.72 Å². The molecule has 1 N–H and O–H groups in total. The van der Waals surface area contributed by atoms with E-state index in [9.17, 15) is 4.79 Å². The normalized spacial score (nSPS) is 14.5. The number of benzene rings is 1. The van der Waals surface area contributed by atoms with Crippen molar-refractivity contribution in [3.63, 3.8) is 0 Å². The Kier molecular flexibility index (Phi) is 1.84. The number of aryl methyl sites for hydroxylation is 2. The molecule has 3 rings (SSSR count). The number of aromatic amines is 1. The van der Waals surface area contributed by atoms with Crippen LogP contribution in [0.15, 0.2) is 12.3 Å². The van der Waals surface area contributed by atoms with Gasteiger partial charge in [0.1, 0.15) is 5.75 Å². The van der Waals surface area contributed by atoms with Crippen molar-refractivity contribution in [3.05, 3.63) is 29.0 Å². The molecule has 1 aromatic heterocycles. The lowest BCUT2D eigenvalue weighted by atomic mass is 9.90. The van der Waals surface area contributed by atoms with Crippen LogP contribution in [0, 0.1) is 6.92 Å². The molecule has 3 nitrogen and oxygen atoms in total. The third-order valence-corrected chi connectivity index (χ3v) is 3.34. The van der Waals surface area contributed by atoms with Gasteiger partial charge in [-0.15, -0.1) is 0 Å². The predicted octanol–water partition coefficient (Wildman–Crippen LogP) is 2.61. The SMILES string of the molecule is COc1cc(C)c2[nH]cc3c2c1CCC3=O. The highest BCUT2D eigenvalue weighted by molar-refractivity contribution is 6.12. The van der Waals surface area contributed by atoms with Crippen molar-refractivity contribution >= 4 is 16.7 Å². The van der Waals surface area contributed by atoms with Crippen LogP contribution >= 0.6 is 0 Å². The van der Waals surface area contributed by atoms with Gasteiger partial charge in [-0.1, -0.05) is 0 Å². The number of rotatable bonds is 1. The number of aromatic nitrogens is 1. The number of hydrogen-bond donors (Lipinski definition) is 1. The minimum atomic E-state index is 0.228. The van der Waals surface area contributed by atoms with Crippen LogP contribution < -0.4 is 4.74 Å². The number of methoxy groups -OCH3 is 1. The van der Waals surface area contributed by atoms with Gasteiger partial charge in [-0.2, -0.15) is 0 Å². The highest BCUT2D eigenvalue weighted by atomic mass is 16.5. The largest absolute Gasteiger partial charge is 0.496 e. The lowest BCUT2D eigenvalue weighted by molar-refractivity contribution is 0.0981. The standard InChI is InChI=1S/C13H13NO2/c1-7-5-11(16-2)8-3-4-10(15)9-6-14-13(7)12(8)9/h5-6,14H,3-4H2,1-2H3. The van der Waals surface area contributed by atoms with Gasteiger partial charge in [-0.25, -0.2) is 0 Å². The second-order valence-corrected chi connectivity index (χ2v) is 4.25. The quantitative estimate of drug-likeness (QED) is 0.794. The summed E-state index contributed by atoms with van der Waals surface area (Å²) in [6.45, 7) is 2.03. The van der Waals surface area contributed by atoms with Crippen LogP contribution in [-0.4, -0.2) is 17.9 Å². The Morgan fingerprint density at radius 1 is 1.38 bits per heavy atom.